The Labute approximate surface area is 104 Å². The number of rotatable bonds is 5. The largest absolute Gasteiger partial charge is 0.497 e. The summed E-state index contributed by atoms with van der Waals surface area (Å²) in [7, 11) is -1.91. The lowest BCUT2D eigenvalue weighted by molar-refractivity contribution is 0.415. The summed E-state index contributed by atoms with van der Waals surface area (Å²) in [6.07, 6.45) is 0. The van der Waals surface area contributed by atoms with Crippen LogP contribution in [0.25, 0.3) is 11.0 Å². The van der Waals surface area contributed by atoms with Crippen molar-refractivity contribution >= 4 is 26.9 Å². The molecule has 2 rings (SSSR count). The average Bonchev–Trinajstić information content (AvgIpc) is 2.78. The Kier molecular flexibility index (Phi) is 3.41. The summed E-state index contributed by atoms with van der Waals surface area (Å²) < 4.78 is 24.0. The second-order valence-corrected chi connectivity index (χ2v) is 5.59. The van der Waals surface area contributed by atoms with Crippen LogP contribution in [0.5, 0.6) is 5.75 Å². The fourth-order valence-corrected chi connectivity index (χ4v) is 1.93. The Morgan fingerprint density at radius 1 is 1.61 bits per heavy atom. The van der Waals surface area contributed by atoms with E-state index < -0.39 is 10.3 Å². The molecule has 0 spiro atoms. The molecule has 0 radical (unpaired) electrons. The van der Waals surface area contributed by atoms with E-state index in [1.54, 1.807) is 25.3 Å². The molecule has 0 saturated carbocycles. The Hall–Kier alpha value is -1.77. The summed E-state index contributed by atoms with van der Waals surface area (Å²) in [5.74, 6) is 0.651. The van der Waals surface area contributed by atoms with E-state index >= 15 is 0 Å². The van der Waals surface area contributed by atoms with Gasteiger partial charge in [-0.15, -0.1) is 0 Å². The van der Waals surface area contributed by atoms with Crippen LogP contribution in [0.15, 0.2) is 22.7 Å². The first-order chi connectivity index (χ1) is 8.55. The summed E-state index contributed by atoms with van der Waals surface area (Å²) in [6, 6.07) is 5.20. The lowest BCUT2D eigenvalue weighted by Gasteiger charge is -2.11. The van der Waals surface area contributed by atoms with Crippen molar-refractivity contribution in [3.05, 3.63) is 23.9 Å². The van der Waals surface area contributed by atoms with Gasteiger partial charge in [0.1, 0.15) is 11.4 Å². The van der Waals surface area contributed by atoms with Crippen LogP contribution < -0.4 is 14.6 Å². The maximum Gasteiger partial charge on any atom is 0.207 e. The molecular weight excluding hydrogens is 258 g/mol. The molecule has 0 aliphatic heterocycles. The number of thiol groups is 1. The van der Waals surface area contributed by atoms with Crippen molar-refractivity contribution < 1.29 is 18.3 Å². The van der Waals surface area contributed by atoms with Crippen molar-refractivity contribution in [2.45, 2.75) is 6.54 Å². The van der Waals surface area contributed by atoms with Gasteiger partial charge in [0.2, 0.25) is 5.62 Å². The van der Waals surface area contributed by atoms with Crippen molar-refractivity contribution in [2.75, 3.05) is 7.11 Å². The van der Waals surface area contributed by atoms with Gasteiger partial charge in [-0.05, 0) is 18.2 Å². The van der Waals surface area contributed by atoms with E-state index in [1.165, 1.54) is 0 Å². The SMILES string of the molecule is COc1ccc2onc(CN[SH](N)(=O)C=O)c2c1. The minimum absolute atomic E-state index is 0.0761. The van der Waals surface area contributed by atoms with Crippen molar-refractivity contribution in [3.8, 4) is 5.75 Å². The van der Waals surface area contributed by atoms with Gasteiger partial charge >= 0.3 is 0 Å². The second-order valence-electron chi connectivity index (χ2n) is 3.64. The minimum atomic E-state index is -3.45. The van der Waals surface area contributed by atoms with E-state index in [0.717, 1.165) is 0 Å². The summed E-state index contributed by atoms with van der Waals surface area (Å²) >= 11 is 0. The first-order valence-corrected chi connectivity index (χ1v) is 6.92. The first-order valence-electron chi connectivity index (χ1n) is 5.08. The van der Waals surface area contributed by atoms with Crippen LogP contribution in [0.2, 0.25) is 0 Å². The first kappa shape index (κ1) is 12.7. The summed E-state index contributed by atoms with van der Waals surface area (Å²) in [6.45, 7) is 0.0761. The third-order valence-electron chi connectivity index (χ3n) is 2.40. The third-order valence-corrected chi connectivity index (χ3v) is 3.37. The van der Waals surface area contributed by atoms with E-state index in [9.17, 15) is 9.00 Å². The number of methoxy groups -OCH3 is 1. The fraction of sp³-hybridized carbons (Fsp3) is 0.200. The number of carbonyl (C=O) groups is 1. The standard InChI is InChI=1S/C10H13N3O4S/c1-16-7-2-3-10-8(4-7)9(13-17-10)5-12-18(11,15)6-14/h2-4,6,18H,5H2,1H3,(H3,11,12,15). The molecular formula is C10H13N3O4S. The molecule has 0 fully saturated rings. The number of nitrogens with two attached hydrogens (primary N) is 1. The van der Waals surface area contributed by atoms with Crippen LogP contribution in [0.3, 0.4) is 0 Å². The van der Waals surface area contributed by atoms with Gasteiger partial charge in [-0.2, -0.15) is 0 Å². The quantitative estimate of drug-likeness (QED) is 0.521. The molecule has 98 valence electrons. The van der Waals surface area contributed by atoms with Crippen LogP contribution in [0.4, 0.5) is 0 Å². The molecule has 8 heteroatoms. The molecule has 0 unspecified atom stereocenters. The molecule has 1 aromatic carbocycles. The van der Waals surface area contributed by atoms with Crippen molar-refractivity contribution in [2.24, 2.45) is 5.14 Å². The van der Waals surface area contributed by atoms with Crippen LogP contribution in [0, 0.1) is 0 Å². The molecule has 1 heterocycles. The normalized spacial score (nSPS) is 12.6. The highest BCUT2D eigenvalue weighted by atomic mass is 32.3. The summed E-state index contributed by atoms with van der Waals surface area (Å²) in [5.41, 5.74) is 1.29. The minimum Gasteiger partial charge on any atom is -0.497 e. The lowest BCUT2D eigenvalue weighted by atomic mass is 10.2. The molecule has 0 amide bonds. The van der Waals surface area contributed by atoms with Gasteiger partial charge in [0.05, 0.1) is 13.7 Å². The number of nitrogens with zero attached hydrogens (tertiary/aromatic N) is 1. The molecule has 0 bridgehead atoms. The molecule has 0 saturated heterocycles. The summed E-state index contributed by atoms with van der Waals surface area (Å²) in [4.78, 5) is 10.4. The molecule has 0 aliphatic carbocycles. The molecule has 0 atom stereocenters. The van der Waals surface area contributed by atoms with Crippen molar-refractivity contribution in [1.82, 2.24) is 9.88 Å². The van der Waals surface area contributed by atoms with Gasteiger partial charge in [-0.1, -0.05) is 5.16 Å². The number of hydrogen-bond donors (Lipinski definition) is 3. The second kappa shape index (κ2) is 4.84. The molecule has 1 aromatic heterocycles. The molecule has 3 N–H and O–H groups in total. The summed E-state index contributed by atoms with van der Waals surface area (Å²) in [5, 5.41) is 9.76. The third kappa shape index (κ3) is 2.55. The predicted molar refractivity (Wildman–Crippen MR) is 67.9 cm³/mol. The van der Waals surface area contributed by atoms with E-state index in [0.29, 0.717) is 22.4 Å². The van der Waals surface area contributed by atoms with Crippen LogP contribution >= 0.6 is 0 Å². The number of nitrogens with one attached hydrogen (secondary N) is 1. The zero-order valence-electron chi connectivity index (χ0n) is 9.62. The Balaban J connectivity index is 2.28. The van der Waals surface area contributed by atoms with Gasteiger partial charge in [0.15, 0.2) is 5.58 Å². The van der Waals surface area contributed by atoms with Crippen LogP contribution in [-0.2, 0) is 21.6 Å². The van der Waals surface area contributed by atoms with Crippen LogP contribution in [0.1, 0.15) is 5.69 Å². The molecule has 7 nitrogen and oxygen atoms in total. The number of aromatic nitrogens is 1. The zero-order valence-corrected chi connectivity index (χ0v) is 10.5. The predicted octanol–water partition coefficient (Wildman–Crippen LogP) is -0.0784. The average molecular weight is 271 g/mol. The zero-order chi connectivity index (χ0) is 13.2. The number of benzene rings is 1. The van der Waals surface area contributed by atoms with Gasteiger partial charge in [-0.25, -0.2) is 4.72 Å². The number of hydrogen-bond acceptors (Lipinski definition) is 5. The Bertz CT molecular complexity index is 625. The molecule has 18 heavy (non-hydrogen) atoms. The lowest BCUT2D eigenvalue weighted by Crippen LogP contribution is -2.39. The van der Waals surface area contributed by atoms with Crippen molar-refractivity contribution in [1.29, 1.82) is 0 Å². The monoisotopic (exact) mass is 271 g/mol. The van der Waals surface area contributed by atoms with Gasteiger partial charge in [-0.3, -0.25) is 14.1 Å². The maximum atomic E-state index is 11.4. The Morgan fingerprint density at radius 3 is 3.06 bits per heavy atom. The number of fused-ring (bicyclic) bond motifs is 1. The van der Waals surface area contributed by atoms with Gasteiger partial charge in [0, 0.05) is 15.7 Å². The Morgan fingerprint density at radius 2 is 2.39 bits per heavy atom. The highest BCUT2D eigenvalue weighted by Gasteiger charge is 2.12. The van der Waals surface area contributed by atoms with E-state index in [4.69, 9.17) is 14.4 Å². The highest BCUT2D eigenvalue weighted by molar-refractivity contribution is 8.11. The smallest absolute Gasteiger partial charge is 0.207 e. The number of carbonyl (C=O) groups excluding carboxylic acids is 1. The van der Waals surface area contributed by atoms with E-state index in [-0.39, 0.29) is 12.2 Å². The topological polar surface area (TPSA) is 107 Å². The molecule has 0 aliphatic rings. The van der Waals surface area contributed by atoms with E-state index in [1.807, 2.05) is 0 Å². The maximum absolute atomic E-state index is 11.4. The van der Waals surface area contributed by atoms with Crippen LogP contribution in [-0.4, -0.2) is 22.1 Å². The molecule has 2 aromatic rings. The fourth-order valence-electron chi connectivity index (χ4n) is 1.46. The van der Waals surface area contributed by atoms with Gasteiger partial charge in [0.25, 0.3) is 0 Å². The highest BCUT2D eigenvalue weighted by Crippen LogP contribution is 2.23. The van der Waals surface area contributed by atoms with E-state index in [2.05, 4.69) is 9.88 Å². The number of ether oxygens (including phenoxy) is 1. The van der Waals surface area contributed by atoms with Crippen molar-refractivity contribution in [3.63, 3.8) is 0 Å². The van der Waals surface area contributed by atoms with Gasteiger partial charge < -0.3 is 9.26 Å².